The van der Waals surface area contributed by atoms with Gasteiger partial charge < -0.3 is 23.7 Å². The Hall–Kier alpha value is -3.75. The fourth-order valence-electron chi connectivity index (χ4n) is 4.06. The van der Waals surface area contributed by atoms with Crippen molar-refractivity contribution >= 4 is 34.5 Å². The third kappa shape index (κ3) is 3.70. The van der Waals surface area contributed by atoms with Crippen molar-refractivity contribution in [1.29, 1.82) is 0 Å². The number of amides is 2. The fraction of sp³-hybridized carbons (Fsp3) is 0.348. The van der Waals surface area contributed by atoms with Gasteiger partial charge in [0.05, 0.1) is 44.0 Å². The Bertz CT molecular complexity index is 1150. The lowest BCUT2D eigenvalue weighted by atomic mass is 10.1. The van der Waals surface area contributed by atoms with Crippen LogP contribution in [0.25, 0.3) is 11.0 Å². The zero-order valence-corrected chi connectivity index (χ0v) is 18.5. The highest BCUT2D eigenvalue weighted by atomic mass is 16.5. The van der Waals surface area contributed by atoms with Gasteiger partial charge in [0, 0.05) is 31.6 Å². The number of nitrogens with zero attached hydrogens (tertiary/aromatic N) is 3. The molecule has 1 aliphatic heterocycles. The minimum atomic E-state index is -0.508. The first-order chi connectivity index (χ1) is 15.5. The lowest BCUT2D eigenvalue weighted by Crippen LogP contribution is -2.29. The van der Waals surface area contributed by atoms with Crippen LogP contribution < -0.4 is 24.4 Å². The molecule has 9 heteroatoms. The normalized spacial score (nSPS) is 15.8. The minimum absolute atomic E-state index is 0.106. The molecule has 0 saturated carbocycles. The summed E-state index contributed by atoms with van der Waals surface area (Å²) in [5, 5.41) is 2.91. The maximum absolute atomic E-state index is 13.0. The number of ether oxygens (including phenoxy) is 3. The zero-order valence-electron chi connectivity index (χ0n) is 18.5. The number of nitrogens with one attached hydrogen (secondary N) is 1. The van der Waals surface area contributed by atoms with Crippen molar-refractivity contribution in [2.24, 2.45) is 5.92 Å². The summed E-state index contributed by atoms with van der Waals surface area (Å²) in [6.07, 6.45) is 0.106. The Balaban J connectivity index is 1.56. The molecule has 1 atom stereocenters. The molecule has 1 saturated heterocycles. The number of imidazole rings is 1. The Labute approximate surface area is 185 Å². The Morgan fingerprint density at radius 1 is 1.12 bits per heavy atom. The number of hydrogen-bond acceptors (Lipinski definition) is 6. The third-order valence-corrected chi connectivity index (χ3v) is 5.66. The van der Waals surface area contributed by atoms with Crippen molar-refractivity contribution < 1.29 is 23.8 Å². The van der Waals surface area contributed by atoms with E-state index in [1.165, 1.54) is 21.3 Å². The lowest BCUT2D eigenvalue weighted by molar-refractivity contribution is -0.122. The van der Waals surface area contributed by atoms with Gasteiger partial charge in [0.15, 0.2) is 11.5 Å². The minimum Gasteiger partial charge on any atom is -0.493 e. The molecule has 1 aliphatic rings. The number of para-hydroxylation sites is 2. The lowest BCUT2D eigenvalue weighted by Gasteiger charge is -2.20. The first-order valence-corrected chi connectivity index (χ1v) is 10.4. The number of anilines is 2. The van der Waals surface area contributed by atoms with Gasteiger partial charge in [-0.2, -0.15) is 0 Å². The van der Waals surface area contributed by atoms with Gasteiger partial charge in [0.2, 0.25) is 23.5 Å². The number of hydrogen-bond donors (Lipinski definition) is 1. The first-order valence-electron chi connectivity index (χ1n) is 10.4. The molecule has 0 aliphatic carbocycles. The molecule has 168 valence electrons. The zero-order chi connectivity index (χ0) is 22.8. The smallest absolute Gasteiger partial charge is 0.232 e. The number of carbonyl (C=O) groups excluding carboxylic acids is 2. The first kappa shape index (κ1) is 21.5. The van der Waals surface area contributed by atoms with E-state index < -0.39 is 5.92 Å². The standard InChI is InChI=1S/C23H26N4O5/c1-5-26-17-9-7-6-8-16(17)24-23(26)25-22(29)14-10-20(28)27(13-14)15-11-18(30-2)21(32-4)19(12-15)31-3/h6-9,11-12,14H,5,10,13H2,1-4H3,(H,24,25,29). The quantitative estimate of drug-likeness (QED) is 0.609. The van der Waals surface area contributed by atoms with Crippen molar-refractivity contribution in [1.82, 2.24) is 9.55 Å². The van der Waals surface area contributed by atoms with Gasteiger partial charge >= 0.3 is 0 Å². The third-order valence-electron chi connectivity index (χ3n) is 5.66. The van der Waals surface area contributed by atoms with Crippen LogP contribution in [0.2, 0.25) is 0 Å². The molecule has 1 N–H and O–H groups in total. The monoisotopic (exact) mass is 438 g/mol. The maximum atomic E-state index is 13.0. The molecule has 32 heavy (non-hydrogen) atoms. The summed E-state index contributed by atoms with van der Waals surface area (Å²) in [7, 11) is 4.55. The fourth-order valence-corrected chi connectivity index (χ4v) is 4.06. The second-order valence-corrected chi connectivity index (χ2v) is 7.45. The SMILES string of the molecule is CCn1c(NC(=O)C2CC(=O)N(c3cc(OC)c(OC)c(OC)c3)C2)nc2ccccc21. The van der Waals surface area contributed by atoms with E-state index in [0.29, 0.717) is 35.4 Å². The van der Waals surface area contributed by atoms with E-state index in [2.05, 4.69) is 10.3 Å². The molecule has 1 aromatic heterocycles. The van der Waals surface area contributed by atoms with E-state index in [1.807, 2.05) is 35.8 Å². The van der Waals surface area contributed by atoms with E-state index in [-0.39, 0.29) is 24.8 Å². The van der Waals surface area contributed by atoms with Crippen LogP contribution in [0.1, 0.15) is 13.3 Å². The van der Waals surface area contributed by atoms with Crippen LogP contribution in [-0.2, 0) is 16.1 Å². The van der Waals surface area contributed by atoms with Gasteiger partial charge in [0.25, 0.3) is 0 Å². The van der Waals surface area contributed by atoms with Crippen LogP contribution in [0.3, 0.4) is 0 Å². The number of aryl methyl sites for hydroxylation is 1. The summed E-state index contributed by atoms with van der Waals surface area (Å²) in [5.41, 5.74) is 2.35. The van der Waals surface area contributed by atoms with Crippen molar-refractivity contribution in [2.45, 2.75) is 19.9 Å². The molecule has 2 amide bonds. The van der Waals surface area contributed by atoms with Gasteiger partial charge in [0.1, 0.15) is 0 Å². The molecule has 4 rings (SSSR count). The van der Waals surface area contributed by atoms with E-state index in [9.17, 15) is 9.59 Å². The number of rotatable bonds is 7. The van der Waals surface area contributed by atoms with Gasteiger partial charge in [-0.05, 0) is 19.1 Å². The van der Waals surface area contributed by atoms with Crippen LogP contribution >= 0.6 is 0 Å². The Morgan fingerprint density at radius 2 is 1.81 bits per heavy atom. The molecule has 1 unspecified atom stereocenters. The molecule has 2 aromatic carbocycles. The van der Waals surface area contributed by atoms with Crippen LogP contribution in [0.15, 0.2) is 36.4 Å². The predicted molar refractivity (Wildman–Crippen MR) is 121 cm³/mol. The van der Waals surface area contributed by atoms with Crippen LogP contribution in [0.4, 0.5) is 11.6 Å². The summed E-state index contributed by atoms with van der Waals surface area (Å²) in [6.45, 7) is 2.90. The summed E-state index contributed by atoms with van der Waals surface area (Å²) in [6, 6.07) is 11.1. The Kier molecular flexibility index (Phi) is 5.89. The molecule has 0 spiro atoms. The van der Waals surface area contributed by atoms with E-state index in [0.717, 1.165) is 11.0 Å². The number of aromatic nitrogens is 2. The van der Waals surface area contributed by atoms with E-state index in [1.54, 1.807) is 17.0 Å². The average molecular weight is 438 g/mol. The van der Waals surface area contributed by atoms with Crippen molar-refractivity contribution in [3.63, 3.8) is 0 Å². The van der Waals surface area contributed by atoms with Crippen molar-refractivity contribution in [2.75, 3.05) is 38.1 Å². The van der Waals surface area contributed by atoms with Crippen molar-refractivity contribution in [3.05, 3.63) is 36.4 Å². The predicted octanol–water partition coefficient (Wildman–Crippen LogP) is 3.07. The number of benzene rings is 2. The van der Waals surface area contributed by atoms with E-state index in [4.69, 9.17) is 14.2 Å². The highest BCUT2D eigenvalue weighted by molar-refractivity contribution is 6.03. The second kappa shape index (κ2) is 8.78. The highest BCUT2D eigenvalue weighted by Gasteiger charge is 2.36. The summed E-state index contributed by atoms with van der Waals surface area (Å²) in [4.78, 5) is 31.9. The van der Waals surface area contributed by atoms with E-state index >= 15 is 0 Å². The molecule has 2 heterocycles. The molecule has 1 fully saturated rings. The van der Waals surface area contributed by atoms with Crippen LogP contribution in [0, 0.1) is 5.92 Å². The van der Waals surface area contributed by atoms with Crippen molar-refractivity contribution in [3.8, 4) is 17.2 Å². The molecule has 0 bridgehead atoms. The van der Waals surface area contributed by atoms with Crippen LogP contribution in [-0.4, -0.2) is 49.2 Å². The molecular weight excluding hydrogens is 412 g/mol. The maximum Gasteiger partial charge on any atom is 0.232 e. The van der Waals surface area contributed by atoms with Gasteiger partial charge in [-0.3, -0.25) is 14.9 Å². The highest BCUT2D eigenvalue weighted by Crippen LogP contribution is 2.42. The topological polar surface area (TPSA) is 94.9 Å². The second-order valence-electron chi connectivity index (χ2n) is 7.45. The van der Waals surface area contributed by atoms with Gasteiger partial charge in [-0.15, -0.1) is 0 Å². The molecular formula is C23H26N4O5. The molecule has 3 aromatic rings. The number of fused-ring (bicyclic) bond motifs is 1. The molecule has 0 radical (unpaired) electrons. The molecule has 9 nitrogen and oxygen atoms in total. The van der Waals surface area contributed by atoms with Crippen LogP contribution in [0.5, 0.6) is 17.2 Å². The summed E-state index contributed by atoms with van der Waals surface area (Å²) < 4.78 is 18.1. The van der Waals surface area contributed by atoms with Gasteiger partial charge in [-0.1, -0.05) is 12.1 Å². The van der Waals surface area contributed by atoms with Gasteiger partial charge in [-0.25, -0.2) is 4.98 Å². The summed E-state index contributed by atoms with van der Waals surface area (Å²) in [5.74, 6) is 0.919. The Morgan fingerprint density at radius 3 is 2.44 bits per heavy atom. The number of methoxy groups -OCH3 is 3. The summed E-state index contributed by atoms with van der Waals surface area (Å²) >= 11 is 0. The number of carbonyl (C=O) groups is 2. The largest absolute Gasteiger partial charge is 0.493 e. The average Bonchev–Trinajstić information content (AvgIpc) is 3.37.